The number of rotatable bonds is 1. The minimum absolute atomic E-state index is 0.0548. The van der Waals surface area contributed by atoms with E-state index in [1.165, 1.54) is 11.1 Å². The molecule has 1 aromatic heterocycles. The quantitative estimate of drug-likeness (QED) is 0.764. The standard InChI is InChI=1S/C14H15NO3.C4H5N3/c16-10-7-5-9(6-8-10)15-13(17)11-3-1-2-4-12(11)14(15)18;5-4-3-6-1-2-7-4/h1-4,9-10,16H,5-8H2;1-3H,(H2,5,7). The lowest BCUT2D eigenvalue weighted by atomic mass is 9.92. The molecule has 0 atom stereocenters. The van der Waals surface area contributed by atoms with Gasteiger partial charge in [-0.3, -0.25) is 19.5 Å². The lowest BCUT2D eigenvalue weighted by Crippen LogP contribution is -2.42. The Hall–Kier alpha value is -2.80. The number of benzene rings is 1. The first-order valence-electron chi connectivity index (χ1n) is 8.24. The van der Waals surface area contributed by atoms with Crippen LogP contribution in [0.2, 0.25) is 0 Å². The van der Waals surface area contributed by atoms with Crippen molar-refractivity contribution in [2.45, 2.75) is 37.8 Å². The third-order valence-corrected chi connectivity index (χ3v) is 4.44. The second-order valence-corrected chi connectivity index (χ2v) is 6.12. The van der Waals surface area contributed by atoms with Gasteiger partial charge in [0.15, 0.2) is 0 Å². The molecule has 25 heavy (non-hydrogen) atoms. The van der Waals surface area contributed by atoms with Crippen molar-refractivity contribution in [2.24, 2.45) is 0 Å². The molecule has 0 bridgehead atoms. The fourth-order valence-corrected chi connectivity index (χ4v) is 3.17. The fraction of sp³-hybridized carbons (Fsp3) is 0.333. The number of imide groups is 1. The van der Waals surface area contributed by atoms with Crippen LogP contribution in [0, 0.1) is 0 Å². The number of aliphatic hydroxyl groups excluding tert-OH is 1. The van der Waals surface area contributed by atoms with Crippen molar-refractivity contribution >= 4 is 17.6 Å². The van der Waals surface area contributed by atoms with E-state index < -0.39 is 0 Å². The second kappa shape index (κ2) is 7.40. The Balaban J connectivity index is 0.000000219. The number of nitrogens with two attached hydrogens (primary N) is 1. The molecule has 1 aliphatic heterocycles. The van der Waals surface area contributed by atoms with E-state index in [9.17, 15) is 14.7 Å². The first-order valence-corrected chi connectivity index (χ1v) is 8.24. The SMILES string of the molecule is Nc1cnccn1.O=C1c2ccccc2C(=O)N1C1CCC(O)CC1. The van der Waals surface area contributed by atoms with Crippen molar-refractivity contribution in [3.05, 3.63) is 54.0 Å². The molecule has 0 spiro atoms. The number of nitrogen functional groups attached to an aromatic ring is 1. The third kappa shape index (κ3) is 3.66. The monoisotopic (exact) mass is 340 g/mol. The first kappa shape index (κ1) is 17.0. The zero-order valence-corrected chi connectivity index (χ0v) is 13.7. The summed E-state index contributed by atoms with van der Waals surface area (Å²) in [6.07, 6.45) is 7.08. The number of carbonyl (C=O) groups is 2. The number of hydrogen-bond donors (Lipinski definition) is 2. The molecule has 1 aliphatic carbocycles. The Bertz CT molecular complexity index is 723. The summed E-state index contributed by atoms with van der Waals surface area (Å²) in [6, 6.07) is 6.90. The topological polar surface area (TPSA) is 109 Å². The molecule has 7 nitrogen and oxygen atoms in total. The van der Waals surface area contributed by atoms with Crippen LogP contribution in [0.5, 0.6) is 0 Å². The summed E-state index contributed by atoms with van der Waals surface area (Å²) in [5.74, 6) is 0.0940. The molecule has 1 saturated carbocycles. The summed E-state index contributed by atoms with van der Waals surface area (Å²) in [7, 11) is 0. The van der Waals surface area contributed by atoms with Crippen LogP contribution in [0.1, 0.15) is 46.4 Å². The van der Waals surface area contributed by atoms with E-state index in [4.69, 9.17) is 5.73 Å². The average Bonchev–Trinajstić information content (AvgIpc) is 2.89. The number of carbonyl (C=O) groups excluding carboxylic acids is 2. The Kier molecular flexibility index (Phi) is 5.04. The molecule has 0 unspecified atom stereocenters. The van der Waals surface area contributed by atoms with Gasteiger partial charge in [0.2, 0.25) is 0 Å². The molecule has 7 heteroatoms. The van der Waals surface area contributed by atoms with Crippen molar-refractivity contribution in [3.63, 3.8) is 0 Å². The van der Waals surface area contributed by atoms with Crippen LogP contribution in [0.4, 0.5) is 5.82 Å². The maximum absolute atomic E-state index is 12.2. The van der Waals surface area contributed by atoms with Gasteiger partial charge in [-0.1, -0.05) is 12.1 Å². The van der Waals surface area contributed by atoms with Gasteiger partial charge in [0.05, 0.1) is 23.4 Å². The summed E-state index contributed by atoms with van der Waals surface area (Å²) in [5, 5.41) is 9.49. The molecular weight excluding hydrogens is 320 g/mol. The van der Waals surface area contributed by atoms with Crippen molar-refractivity contribution < 1.29 is 14.7 Å². The van der Waals surface area contributed by atoms with Crippen LogP contribution in [-0.2, 0) is 0 Å². The van der Waals surface area contributed by atoms with Crippen molar-refractivity contribution in [2.75, 3.05) is 5.73 Å². The summed E-state index contributed by atoms with van der Waals surface area (Å²) in [6.45, 7) is 0. The summed E-state index contributed by atoms with van der Waals surface area (Å²) >= 11 is 0. The lowest BCUT2D eigenvalue weighted by Gasteiger charge is -2.31. The fourth-order valence-electron chi connectivity index (χ4n) is 3.17. The van der Waals surface area contributed by atoms with Gasteiger partial charge >= 0.3 is 0 Å². The highest BCUT2D eigenvalue weighted by Crippen LogP contribution is 2.30. The van der Waals surface area contributed by atoms with Crippen LogP contribution in [0.3, 0.4) is 0 Å². The maximum Gasteiger partial charge on any atom is 0.261 e. The minimum atomic E-state index is -0.281. The normalized spacial score (nSPS) is 22.2. The molecule has 1 aromatic carbocycles. The zero-order chi connectivity index (χ0) is 17.8. The van der Waals surface area contributed by atoms with Crippen LogP contribution in [-0.4, -0.2) is 43.9 Å². The van der Waals surface area contributed by atoms with Crippen molar-refractivity contribution in [3.8, 4) is 0 Å². The maximum atomic E-state index is 12.2. The molecule has 0 radical (unpaired) electrons. The van der Waals surface area contributed by atoms with Gasteiger partial charge in [0.1, 0.15) is 5.82 Å². The van der Waals surface area contributed by atoms with Crippen LogP contribution in [0.25, 0.3) is 0 Å². The van der Waals surface area contributed by atoms with Gasteiger partial charge in [-0.2, -0.15) is 0 Å². The molecule has 0 saturated heterocycles. The number of aromatic nitrogens is 2. The van der Waals surface area contributed by atoms with Gasteiger partial charge in [0, 0.05) is 18.4 Å². The Morgan fingerprint density at radius 2 is 1.60 bits per heavy atom. The zero-order valence-electron chi connectivity index (χ0n) is 13.7. The number of hydrogen-bond acceptors (Lipinski definition) is 6. The van der Waals surface area contributed by atoms with E-state index in [2.05, 4.69) is 9.97 Å². The van der Waals surface area contributed by atoms with E-state index in [0.29, 0.717) is 42.6 Å². The summed E-state index contributed by atoms with van der Waals surface area (Å²) in [5.41, 5.74) is 6.20. The number of fused-ring (bicyclic) bond motifs is 1. The summed E-state index contributed by atoms with van der Waals surface area (Å²) in [4.78, 5) is 33.2. The highest BCUT2D eigenvalue weighted by Gasteiger charge is 2.40. The number of anilines is 1. The molecule has 2 aromatic rings. The minimum Gasteiger partial charge on any atom is -0.393 e. The highest BCUT2D eigenvalue weighted by atomic mass is 16.3. The Morgan fingerprint density at radius 3 is 2.04 bits per heavy atom. The van der Waals surface area contributed by atoms with Crippen LogP contribution >= 0.6 is 0 Å². The molecule has 1 fully saturated rings. The smallest absolute Gasteiger partial charge is 0.261 e. The molecule has 2 amide bonds. The van der Waals surface area contributed by atoms with E-state index in [1.54, 1.807) is 36.7 Å². The molecule has 2 heterocycles. The number of nitrogens with zero attached hydrogens (tertiary/aromatic N) is 3. The van der Waals surface area contributed by atoms with Gasteiger partial charge in [-0.25, -0.2) is 4.98 Å². The predicted molar refractivity (Wildman–Crippen MR) is 91.6 cm³/mol. The van der Waals surface area contributed by atoms with E-state index in [0.717, 1.165) is 0 Å². The van der Waals surface area contributed by atoms with Crippen molar-refractivity contribution in [1.82, 2.24) is 14.9 Å². The highest BCUT2D eigenvalue weighted by molar-refractivity contribution is 6.21. The number of amides is 2. The molecule has 3 N–H and O–H groups in total. The largest absolute Gasteiger partial charge is 0.393 e. The Labute approximate surface area is 145 Å². The van der Waals surface area contributed by atoms with Crippen LogP contribution in [0.15, 0.2) is 42.9 Å². The second-order valence-electron chi connectivity index (χ2n) is 6.12. The predicted octanol–water partition coefficient (Wildman–Crippen LogP) is 1.64. The molecule has 4 rings (SSSR count). The van der Waals surface area contributed by atoms with Gasteiger partial charge in [-0.05, 0) is 37.8 Å². The van der Waals surface area contributed by atoms with E-state index >= 15 is 0 Å². The van der Waals surface area contributed by atoms with Crippen LogP contribution < -0.4 is 5.73 Å². The molecule has 130 valence electrons. The molecule has 2 aliphatic rings. The van der Waals surface area contributed by atoms with Gasteiger partial charge < -0.3 is 10.8 Å². The van der Waals surface area contributed by atoms with E-state index in [1.807, 2.05) is 0 Å². The Morgan fingerprint density at radius 1 is 1.00 bits per heavy atom. The first-order chi connectivity index (χ1) is 12.1. The lowest BCUT2D eigenvalue weighted by molar-refractivity contribution is 0.0449. The molecular formula is C18H20N4O3. The summed E-state index contributed by atoms with van der Waals surface area (Å²) < 4.78 is 0. The van der Waals surface area contributed by atoms with Crippen molar-refractivity contribution in [1.29, 1.82) is 0 Å². The van der Waals surface area contributed by atoms with Gasteiger partial charge in [0.25, 0.3) is 11.8 Å². The average molecular weight is 340 g/mol. The third-order valence-electron chi connectivity index (χ3n) is 4.44. The van der Waals surface area contributed by atoms with Gasteiger partial charge in [-0.15, -0.1) is 0 Å². The number of aliphatic hydroxyl groups is 1. The van der Waals surface area contributed by atoms with E-state index in [-0.39, 0.29) is 24.0 Å².